The SMILES string of the molecule is Cc1nn(-c2ccccc2)c(C)c1CNC(=O)c1ccc[nH]c1=O. The predicted octanol–water partition coefficient (Wildman–Crippen LogP) is 2.11. The van der Waals surface area contributed by atoms with Crippen LogP contribution in [-0.4, -0.2) is 20.7 Å². The van der Waals surface area contributed by atoms with Gasteiger partial charge in [0.05, 0.1) is 11.4 Å². The van der Waals surface area contributed by atoms with E-state index in [1.807, 2.05) is 48.9 Å². The maximum atomic E-state index is 12.2. The van der Waals surface area contributed by atoms with Crippen molar-refractivity contribution in [1.29, 1.82) is 0 Å². The average molecular weight is 322 g/mol. The first-order valence-electron chi connectivity index (χ1n) is 7.64. The summed E-state index contributed by atoms with van der Waals surface area (Å²) in [6, 6.07) is 12.9. The second-order valence-electron chi connectivity index (χ2n) is 5.49. The van der Waals surface area contributed by atoms with Crippen molar-refractivity contribution in [2.75, 3.05) is 0 Å². The van der Waals surface area contributed by atoms with E-state index in [1.54, 1.807) is 6.07 Å². The van der Waals surface area contributed by atoms with Gasteiger partial charge in [-0.3, -0.25) is 9.59 Å². The molecule has 2 N–H and O–H groups in total. The molecule has 3 rings (SSSR count). The summed E-state index contributed by atoms with van der Waals surface area (Å²) in [4.78, 5) is 26.3. The number of pyridine rings is 1. The normalized spacial score (nSPS) is 10.6. The fourth-order valence-corrected chi connectivity index (χ4v) is 2.62. The summed E-state index contributed by atoms with van der Waals surface area (Å²) >= 11 is 0. The molecule has 24 heavy (non-hydrogen) atoms. The number of nitrogens with one attached hydrogen (secondary N) is 2. The van der Waals surface area contributed by atoms with E-state index < -0.39 is 11.5 Å². The number of rotatable bonds is 4. The molecule has 1 aromatic carbocycles. The standard InChI is InChI=1S/C18H18N4O2/c1-12-16(11-20-18(24)15-9-6-10-19-17(15)23)13(2)22(21-12)14-7-4-3-5-8-14/h3-10H,11H2,1-2H3,(H,19,23)(H,20,24). The third-order valence-electron chi connectivity index (χ3n) is 3.93. The minimum absolute atomic E-state index is 0.100. The molecule has 3 aromatic rings. The highest BCUT2D eigenvalue weighted by Gasteiger charge is 2.15. The molecule has 0 bridgehead atoms. The Morgan fingerprint density at radius 1 is 1.17 bits per heavy atom. The van der Waals surface area contributed by atoms with E-state index in [0.717, 1.165) is 22.6 Å². The molecule has 0 spiro atoms. The van der Waals surface area contributed by atoms with Gasteiger partial charge >= 0.3 is 0 Å². The summed E-state index contributed by atoms with van der Waals surface area (Å²) in [5.41, 5.74) is 3.42. The Balaban J connectivity index is 1.82. The van der Waals surface area contributed by atoms with Crippen molar-refractivity contribution >= 4 is 5.91 Å². The van der Waals surface area contributed by atoms with Gasteiger partial charge in [-0.15, -0.1) is 0 Å². The van der Waals surface area contributed by atoms with Gasteiger partial charge in [-0.2, -0.15) is 5.10 Å². The summed E-state index contributed by atoms with van der Waals surface area (Å²) < 4.78 is 1.85. The first-order valence-corrected chi connectivity index (χ1v) is 7.64. The molecule has 1 amide bonds. The molecule has 0 saturated carbocycles. The predicted molar refractivity (Wildman–Crippen MR) is 91.3 cm³/mol. The lowest BCUT2D eigenvalue weighted by molar-refractivity contribution is 0.0949. The number of carbonyl (C=O) groups is 1. The monoisotopic (exact) mass is 322 g/mol. The van der Waals surface area contributed by atoms with Gasteiger partial charge in [0.15, 0.2) is 0 Å². The molecule has 0 aliphatic heterocycles. The van der Waals surface area contributed by atoms with Crippen LogP contribution >= 0.6 is 0 Å². The first-order chi connectivity index (χ1) is 11.6. The summed E-state index contributed by atoms with van der Waals surface area (Å²) in [6.45, 7) is 4.19. The minimum Gasteiger partial charge on any atom is -0.348 e. The Morgan fingerprint density at radius 2 is 1.92 bits per heavy atom. The zero-order valence-corrected chi connectivity index (χ0v) is 13.5. The molecule has 0 atom stereocenters. The largest absolute Gasteiger partial charge is 0.348 e. The van der Waals surface area contributed by atoms with Crippen molar-refractivity contribution in [3.8, 4) is 5.69 Å². The zero-order valence-electron chi connectivity index (χ0n) is 13.5. The van der Waals surface area contributed by atoms with Crippen LogP contribution in [0.15, 0.2) is 53.5 Å². The Kier molecular flexibility index (Phi) is 4.29. The number of amides is 1. The Morgan fingerprint density at radius 3 is 2.62 bits per heavy atom. The first kappa shape index (κ1) is 15.7. The maximum absolute atomic E-state index is 12.2. The van der Waals surface area contributed by atoms with Gasteiger partial charge in [-0.1, -0.05) is 18.2 Å². The van der Waals surface area contributed by atoms with Crippen LogP contribution in [0.4, 0.5) is 0 Å². The molecule has 0 radical (unpaired) electrons. The van der Waals surface area contributed by atoms with E-state index in [2.05, 4.69) is 15.4 Å². The van der Waals surface area contributed by atoms with Gasteiger partial charge in [0.1, 0.15) is 5.56 Å². The zero-order chi connectivity index (χ0) is 17.1. The van der Waals surface area contributed by atoms with Crippen LogP contribution < -0.4 is 10.9 Å². The van der Waals surface area contributed by atoms with Crippen LogP contribution in [0.2, 0.25) is 0 Å². The average Bonchev–Trinajstić information content (AvgIpc) is 2.88. The number of benzene rings is 1. The second-order valence-corrected chi connectivity index (χ2v) is 5.49. The summed E-state index contributed by atoms with van der Waals surface area (Å²) in [6.07, 6.45) is 1.50. The third kappa shape index (κ3) is 2.99. The van der Waals surface area contributed by atoms with E-state index in [-0.39, 0.29) is 5.56 Å². The van der Waals surface area contributed by atoms with E-state index >= 15 is 0 Å². The van der Waals surface area contributed by atoms with E-state index in [4.69, 9.17) is 0 Å². The fraction of sp³-hybridized carbons (Fsp3) is 0.167. The molecule has 0 aliphatic carbocycles. The molecule has 2 heterocycles. The molecule has 122 valence electrons. The van der Waals surface area contributed by atoms with Gasteiger partial charge in [-0.25, -0.2) is 4.68 Å². The molecule has 0 unspecified atom stereocenters. The lowest BCUT2D eigenvalue weighted by Gasteiger charge is -2.07. The van der Waals surface area contributed by atoms with Crippen LogP contribution in [0.5, 0.6) is 0 Å². The van der Waals surface area contributed by atoms with Crippen LogP contribution in [0.1, 0.15) is 27.3 Å². The third-order valence-corrected chi connectivity index (χ3v) is 3.93. The van der Waals surface area contributed by atoms with Gasteiger partial charge in [0.25, 0.3) is 11.5 Å². The second kappa shape index (κ2) is 6.54. The maximum Gasteiger partial charge on any atom is 0.260 e. The number of H-pyrrole nitrogens is 1. The molecule has 6 nitrogen and oxygen atoms in total. The molecular formula is C18H18N4O2. The number of para-hydroxylation sites is 1. The van der Waals surface area contributed by atoms with Crippen molar-refractivity contribution in [1.82, 2.24) is 20.1 Å². The number of carbonyl (C=O) groups excluding carboxylic acids is 1. The van der Waals surface area contributed by atoms with Crippen molar-refractivity contribution in [2.45, 2.75) is 20.4 Å². The van der Waals surface area contributed by atoms with Gasteiger partial charge in [-0.05, 0) is 38.1 Å². The molecule has 0 saturated heterocycles. The highest BCUT2D eigenvalue weighted by atomic mass is 16.2. The summed E-state index contributed by atoms with van der Waals surface area (Å²) in [5, 5.41) is 7.34. The molecular weight excluding hydrogens is 304 g/mol. The molecule has 6 heteroatoms. The van der Waals surface area contributed by atoms with E-state index in [1.165, 1.54) is 12.3 Å². The van der Waals surface area contributed by atoms with Gasteiger partial charge < -0.3 is 10.3 Å². The molecule has 2 aromatic heterocycles. The van der Waals surface area contributed by atoms with Gasteiger partial charge in [0, 0.05) is 24.0 Å². The molecule has 0 fully saturated rings. The highest BCUT2D eigenvalue weighted by molar-refractivity contribution is 5.93. The number of hydrogen-bond donors (Lipinski definition) is 2. The molecule has 0 aliphatic rings. The van der Waals surface area contributed by atoms with Crippen molar-refractivity contribution < 1.29 is 4.79 Å². The number of hydrogen-bond acceptors (Lipinski definition) is 3. The Hall–Kier alpha value is -3.15. The van der Waals surface area contributed by atoms with Crippen LogP contribution in [-0.2, 0) is 6.54 Å². The Labute approximate surface area is 139 Å². The number of aromatic nitrogens is 3. The van der Waals surface area contributed by atoms with Crippen LogP contribution in [0.25, 0.3) is 5.69 Å². The number of nitrogens with zero attached hydrogens (tertiary/aromatic N) is 2. The smallest absolute Gasteiger partial charge is 0.260 e. The van der Waals surface area contributed by atoms with Crippen molar-refractivity contribution in [2.24, 2.45) is 0 Å². The minimum atomic E-state index is -0.400. The van der Waals surface area contributed by atoms with Crippen LogP contribution in [0.3, 0.4) is 0 Å². The topological polar surface area (TPSA) is 79.8 Å². The van der Waals surface area contributed by atoms with Crippen LogP contribution in [0, 0.1) is 13.8 Å². The Bertz CT molecular complexity index is 926. The van der Waals surface area contributed by atoms with E-state index in [0.29, 0.717) is 6.54 Å². The lowest BCUT2D eigenvalue weighted by atomic mass is 10.2. The van der Waals surface area contributed by atoms with Gasteiger partial charge in [0.2, 0.25) is 0 Å². The van der Waals surface area contributed by atoms with Crippen molar-refractivity contribution in [3.05, 3.63) is 81.5 Å². The number of aromatic amines is 1. The quantitative estimate of drug-likeness (QED) is 0.772. The lowest BCUT2D eigenvalue weighted by Crippen LogP contribution is -2.29. The summed E-state index contributed by atoms with van der Waals surface area (Å²) in [7, 11) is 0. The fourth-order valence-electron chi connectivity index (χ4n) is 2.62. The van der Waals surface area contributed by atoms with Crippen molar-refractivity contribution in [3.63, 3.8) is 0 Å². The highest BCUT2D eigenvalue weighted by Crippen LogP contribution is 2.17. The summed E-state index contributed by atoms with van der Waals surface area (Å²) in [5.74, 6) is -0.400. The number of aryl methyl sites for hydroxylation is 1. The van der Waals surface area contributed by atoms with E-state index in [9.17, 15) is 9.59 Å².